The van der Waals surface area contributed by atoms with Crippen molar-refractivity contribution in [3.63, 3.8) is 0 Å². The lowest BCUT2D eigenvalue weighted by atomic mass is 9.98. The van der Waals surface area contributed by atoms with E-state index in [-0.39, 0.29) is 11.8 Å². The monoisotopic (exact) mass is 307 g/mol. The third kappa shape index (κ3) is 4.36. The molecule has 0 radical (unpaired) electrons. The first kappa shape index (κ1) is 15.6. The number of nitrogens with one attached hydrogen (secondary N) is 1. The zero-order chi connectivity index (χ0) is 15.1. The SMILES string of the molecule is CSC(=Nc1c(F)cccc1OC1CCCCC1)NC#N. The Kier molecular flexibility index (Phi) is 5.88. The summed E-state index contributed by atoms with van der Waals surface area (Å²) >= 11 is 1.25. The van der Waals surface area contributed by atoms with Crippen molar-refractivity contribution in [3.05, 3.63) is 24.0 Å². The maximum atomic E-state index is 14.0. The molecule has 0 bridgehead atoms. The summed E-state index contributed by atoms with van der Waals surface area (Å²) in [4.78, 5) is 4.18. The van der Waals surface area contributed by atoms with Crippen molar-refractivity contribution in [3.8, 4) is 11.9 Å². The first-order valence-electron chi connectivity index (χ1n) is 6.97. The van der Waals surface area contributed by atoms with Gasteiger partial charge >= 0.3 is 0 Å². The van der Waals surface area contributed by atoms with E-state index in [0.717, 1.165) is 25.7 Å². The van der Waals surface area contributed by atoms with E-state index in [2.05, 4.69) is 10.3 Å². The minimum Gasteiger partial charge on any atom is -0.488 e. The number of rotatable bonds is 3. The molecule has 21 heavy (non-hydrogen) atoms. The van der Waals surface area contributed by atoms with Gasteiger partial charge < -0.3 is 4.74 Å². The van der Waals surface area contributed by atoms with Crippen molar-refractivity contribution in [2.24, 2.45) is 4.99 Å². The van der Waals surface area contributed by atoms with E-state index in [0.29, 0.717) is 10.9 Å². The number of halogens is 1. The number of ether oxygens (including phenoxy) is 1. The van der Waals surface area contributed by atoms with Crippen LogP contribution in [0.25, 0.3) is 0 Å². The molecule has 6 heteroatoms. The number of hydrogen-bond donors (Lipinski definition) is 1. The van der Waals surface area contributed by atoms with Gasteiger partial charge in [-0.1, -0.05) is 24.2 Å². The molecule has 1 fully saturated rings. The number of nitrogens with zero attached hydrogens (tertiary/aromatic N) is 2. The highest BCUT2D eigenvalue weighted by Gasteiger charge is 2.18. The Bertz CT molecular complexity index is 550. The van der Waals surface area contributed by atoms with Crippen molar-refractivity contribution in [1.82, 2.24) is 5.32 Å². The largest absolute Gasteiger partial charge is 0.488 e. The molecule has 1 aromatic carbocycles. The van der Waals surface area contributed by atoms with Crippen LogP contribution in [0, 0.1) is 17.3 Å². The molecule has 2 rings (SSSR count). The number of para-hydroxylation sites is 1. The molecule has 0 aliphatic heterocycles. The van der Waals surface area contributed by atoms with E-state index in [4.69, 9.17) is 10.00 Å². The van der Waals surface area contributed by atoms with Gasteiger partial charge in [0.15, 0.2) is 17.2 Å². The summed E-state index contributed by atoms with van der Waals surface area (Å²) < 4.78 is 20.0. The van der Waals surface area contributed by atoms with Crippen LogP contribution in [0.4, 0.5) is 10.1 Å². The summed E-state index contributed by atoms with van der Waals surface area (Å²) in [6, 6.07) is 4.68. The van der Waals surface area contributed by atoms with E-state index >= 15 is 0 Å². The van der Waals surface area contributed by atoms with Gasteiger partial charge in [0.2, 0.25) is 0 Å². The molecule has 112 valence electrons. The highest BCUT2D eigenvalue weighted by atomic mass is 32.2. The number of hydrogen-bond acceptors (Lipinski definition) is 4. The minimum absolute atomic E-state index is 0.121. The Balaban J connectivity index is 2.25. The fourth-order valence-corrected chi connectivity index (χ4v) is 2.67. The molecule has 1 aliphatic rings. The molecular weight excluding hydrogens is 289 g/mol. The maximum Gasteiger partial charge on any atom is 0.183 e. The van der Waals surface area contributed by atoms with Crippen LogP contribution in [-0.4, -0.2) is 17.5 Å². The zero-order valence-electron chi connectivity index (χ0n) is 11.9. The van der Waals surface area contributed by atoms with Crippen molar-refractivity contribution < 1.29 is 9.13 Å². The lowest BCUT2D eigenvalue weighted by molar-refractivity contribution is 0.155. The summed E-state index contributed by atoms with van der Waals surface area (Å²) in [6.45, 7) is 0. The standard InChI is InChI=1S/C15H18FN3OS/c1-21-15(18-10-17)19-14-12(16)8-5-9-13(14)20-11-6-3-2-4-7-11/h5,8-9,11H,2-4,6-7H2,1H3,(H,18,19). The van der Waals surface area contributed by atoms with Crippen LogP contribution < -0.4 is 10.1 Å². The number of amidine groups is 1. The van der Waals surface area contributed by atoms with Crippen LogP contribution in [0.3, 0.4) is 0 Å². The van der Waals surface area contributed by atoms with Crippen molar-refractivity contribution in [2.75, 3.05) is 6.26 Å². The molecular formula is C15H18FN3OS. The molecule has 1 aromatic rings. The summed E-state index contributed by atoms with van der Waals surface area (Å²) in [5.74, 6) is -0.0113. The van der Waals surface area contributed by atoms with Gasteiger partial charge in [-0.05, 0) is 44.1 Å². The van der Waals surface area contributed by atoms with Gasteiger partial charge in [0, 0.05) is 0 Å². The Morgan fingerprint density at radius 2 is 2.19 bits per heavy atom. The molecule has 0 heterocycles. The molecule has 0 aromatic heterocycles. The maximum absolute atomic E-state index is 14.0. The normalized spacial score (nSPS) is 16.3. The van der Waals surface area contributed by atoms with Gasteiger partial charge in [0.25, 0.3) is 0 Å². The first-order valence-corrected chi connectivity index (χ1v) is 8.20. The average molecular weight is 307 g/mol. The molecule has 0 amide bonds. The Morgan fingerprint density at radius 1 is 1.43 bits per heavy atom. The van der Waals surface area contributed by atoms with E-state index in [1.54, 1.807) is 24.6 Å². The Hall–Kier alpha value is -1.74. The third-order valence-corrected chi connectivity index (χ3v) is 3.95. The van der Waals surface area contributed by atoms with Gasteiger partial charge in [-0.25, -0.2) is 9.38 Å². The average Bonchev–Trinajstić information content (AvgIpc) is 2.51. The van der Waals surface area contributed by atoms with Crippen LogP contribution in [0.15, 0.2) is 23.2 Å². The van der Waals surface area contributed by atoms with Gasteiger partial charge in [-0.2, -0.15) is 5.26 Å². The van der Waals surface area contributed by atoms with E-state index in [1.165, 1.54) is 24.2 Å². The third-order valence-electron chi connectivity index (χ3n) is 3.37. The first-order chi connectivity index (χ1) is 10.2. The van der Waals surface area contributed by atoms with E-state index in [9.17, 15) is 4.39 Å². The smallest absolute Gasteiger partial charge is 0.183 e. The second-order valence-corrected chi connectivity index (χ2v) is 5.62. The molecule has 1 saturated carbocycles. The van der Waals surface area contributed by atoms with Crippen LogP contribution in [0.1, 0.15) is 32.1 Å². The summed E-state index contributed by atoms with van der Waals surface area (Å²) in [6.07, 6.45) is 9.19. The quantitative estimate of drug-likeness (QED) is 0.397. The minimum atomic E-state index is -0.449. The predicted molar refractivity (Wildman–Crippen MR) is 83.3 cm³/mol. The molecule has 1 N–H and O–H groups in total. The number of aliphatic imine (C=N–C) groups is 1. The fourth-order valence-electron chi connectivity index (χ4n) is 2.34. The van der Waals surface area contributed by atoms with Gasteiger partial charge in [-0.3, -0.25) is 5.32 Å². The molecule has 4 nitrogen and oxygen atoms in total. The topological polar surface area (TPSA) is 57.4 Å². The van der Waals surface area contributed by atoms with Crippen LogP contribution >= 0.6 is 11.8 Å². The lowest BCUT2D eigenvalue weighted by Gasteiger charge is -2.23. The van der Waals surface area contributed by atoms with E-state index < -0.39 is 5.82 Å². The summed E-state index contributed by atoms with van der Waals surface area (Å²) in [5, 5.41) is 11.4. The number of thioether (sulfide) groups is 1. The summed E-state index contributed by atoms with van der Waals surface area (Å²) in [7, 11) is 0. The zero-order valence-corrected chi connectivity index (χ0v) is 12.8. The molecule has 0 unspecified atom stereocenters. The fraction of sp³-hybridized carbons (Fsp3) is 0.467. The van der Waals surface area contributed by atoms with Crippen molar-refractivity contribution in [2.45, 2.75) is 38.2 Å². The number of nitriles is 1. The lowest BCUT2D eigenvalue weighted by Crippen LogP contribution is -2.20. The predicted octanol–water partition coefficient (Wildman–Crippen LogP) is 3.96. The second-order valence-electron chi connectivity index (χ2n) is 4.82. The molecule has 0 saturated heterocycles. The van der Waals surface area contributed by atoms with Gasteiger partial charge in [-0.15, -0.1) is 0 Å². The molecule has 1 aliphatic carbocycles. The highest BCUT2D eigenvalue weighted by molar-refractivity contribution is 8.13. The highest BCUT2D eigenvalue weighted by Crippen LogP contribution is 2.34. The Morgan fingerprint density at radius 3 is 2.86 bits per heavy atom. The van der Waals surface area contributed by atoms with Crippen LogP contribution in [0.5, 0.6) is 5.75 Å². The van der Waals surface area contributed by atoms with Gasteiger partial charge in [0.05, 0.1) is 6.10 Å². The Labute approximate surface area is 128 Å². The molecule has 0 atom stereocenters. The van der Waals surface area contributed by atoms with Crippen molar-refractivity contribution in [1.29, 1.82) is 5.26 Å². The van der Waals surface area contributed by atoms with Gasteiger partial charge in [0.1, 0.15) is 11.4 Å². The number of benzene rings is 1. The van der Waals surface area contributed by atoms with Crippen LogP contribution in [-0.2, 0) is 0 Å². The van der Waals surface area contributed by atoms with Crippen molar-refractivity contribution >= 4 is 22.6 Å². The molecule has 0 spiro atoms. The van der Waals surface area contributed by atoms with E-state index in [1.807, 2.05) is 0 Å². The summed E-state index contributed by atoms with van der Waals surface area (Å²) in [5.41, 5.74) is 0.148. The van der Waals surface area contributed by atoms with Crippen LogP contribution in [0.2, 0.25) is 0 Å². The second kappa shape index (κ2) is 7.89.